The van der Waals surface area contributed by atoms with Crippen molar-refractivity contribution in [3.8, 4) is 0 Å². The summed E-state index contributed by atoms with van der Waals surface area (Å²) < 4.78 is 23.1. The summed E-state index contributed by atoms with van der Waals surface area (Å²) in [5.41, 5.74) is 2.43. The van der Waals surface area contributed by atoms with Crippen LogP contribution in [0.3, 0.4) is 0 Å². The highest BCUT2D eigenvalue weighted by molar-refractivity contribution is 7.89. The van der Waals surface area contributed by atoms with E-state index in [1.54, 1.807) is 19.1 Å². The molecule has 25 heavy (non-hydrogen) atoms. The number of rotatable bonds is 3. The number of sulfonamides is 1. The van der Waals surface area contributed by atoms with Crippen molar-refractivity contribution in [2.24, 2.45) is 5.14 Å². The molecule has 0 fully saturated rings. The van der Waals surface area contributed by atoms with Gasteiger partial charge >= 0.3 is 0 Å². The summed E-state index contributed by atoms with van der Waals surface area (Å²) >= 11 is 6.05. The number of nitrogens with two attached hydrogens (primary N) is 1. The standard InChI is InChI=1S/C18H21ClN2O3S/c1-11-15(19)9-14(25(20,23)24)10-16(11)21-17(22)12-5-7-13(8-6-12)18(2,3)4/h5-10H,1-4H3,(H,21,22)(H2,20,23,24). The first kappa shape index (κ1) is 19.4. The second kappa shape index (κ2) is 6.78. The molecule has 0 saturated carbocycles. The normalized spacial score (nSPS) is 12.1. The Morgan fingerprint density at radius 1 is 1.12 bits per heavy atom. The van der Waals surface area contributed by atoms with Gasteiger partial charge in [-0.3, -0.25) is 4.79 Å². The lowest BCUT2D eigenvalue weighted by molar-refractivity contribution is 0.102. The van der Waals surface area contributed by atoms with Crippen molar-refractivity contribution in [2.45, 2.75) is 38.0 Å². The quantitative estimate of drug-likeness (QED) is 0.847. The highest BCUT2D eigenvalue weighted by Gasteiger charge is 2.17. The first-order valence-corrected chi connectivity index (χ1v) is 9.57. The monoisotopic (exact) mass is 380 g/mol. The Hall–Kier alpha value is -1.89. The van der Waals surface area contributed by atoms with Crippen molar-refractivity contribution in [2.75, 3.05) is 5.32 Å². The summed E-state index contributed by atoms with van der Waals surface area (Å²) in [5, 5.41) is 8.05. The Balaban J connectivity index is 2.33. The number of hydrogen-bond donors (Lipinski definition) is 2. The zero-order chi connectivity index (χ0) is 19.0. The predicted octanol–water partition coefficient (Wildman–Crippen LogP) is 3.85. The zero-order valence-corrected chi connectivity index (χ0v) is 16.1. The third kappa shape index (κ3) is 4.60. The van der Waals surface area contributed by atoms with Gasteiger partial charge < -0.3 is 5.32 Å². The van der Waals surface area contributed by atoms with Gasteiger partial charge in [-0.25, -0.2) is 13.6 Å². The molecule has 0 aromatic heterocycles. The van der Waals surface area contributed by atoms with Crippen molar-refractivity contribution in [1.82, 2.24) is 0 Å². The molecule has 0 radical (unpaired) electrons. The molecule has 0 aliphatic rings. The van der Waals surface area contributed by atoms with Crippen molar-refractivity contribution < 1.29 is 13.2 Å². The Kier molecular flexibility index (Phi) is 5.27. The van der Waals surface area contributed by atoms with Crippen LogP contribution in [0.1, 0.15) is 42.3 Å². The van der Waals surface area contributed by atoms with Crippen LogP contribution in [0.5, 0.6) is 0 Å². The van der Waals surface area contributed by atoms with Crippen LogP contribution in [0, 0.1) is 6.92 Å². The third-order valence-electron chi connectivity index (χ3n) is 3.91. The molecule has 0 atom stereocenters. The third-order valence-corrected chi connectivity index (χ3v) is 5.19. The molecule has 2 aromatic carbocycles. The fourth-order valence-corrected chi connectivity index (χ4v) is 3.11. The van der Waals surface area contributed by atoms with Crippen LogP contribution in [0.2, 0.25) is 5.02 Å². The number of carbonyl (C=O) groups is 1. The number of hydrogen-bond acceptors (Lipinski definition) is 3. The number of amides is 1. The van der Waals surface area contributed by atoms with E-state index in [1.165, 1.54) is 12.1 Å². The molecule has 2 rings (SSSR count). The molecule has 0 heterocycles. The molecule has 2 aromatic rings. The topological polar surface area (TPSA) is 89.3 Å². The summed E-state index contributed by atoms with van der Waals surface area (Å²) in [6.07, 6.45) is 0. The second-order valence-corrected chi connectivity index (χ2v) is 8.87. The van der Waals surface area contributed by atoms with Gasteiger partial charge in [-0.05, 0) is 47.7 Å². The molecule has 7 heteroatoms. The summed E-state index contributed by atoms with van der Waals surface area (Å²) in [6.45, 7) is 7.96. The predicted molar refractivity (Wildman–Crippen MR) is 101 cm³/mol. The van der Waals surface area contributed by atoms with Gasteiger partial charge in [-0.2, -0.15) is 0 Å². The minimum atomic E-state index is -3.92. The van der Waals surface area contributed by atoms with Crippen LogP contribution >= 0.6 is 11.6 Å². The maximum Gasteiger partial charge on any atom is 0.255 e. The molecule has 1 amide bonds. The van der Waals surface area contributed by atoms with Crippen LogP contribution < -0.4 is 10.5 Å². The average Bonchev–Trinajstić information content (AvgIpc) is 2.49. The molecule has 0 bridgehead atoms. The van der Waals surface area contributed by atoms with E-state index in [9.17, 15) is 13.2 Å². The number of nitrogens with one attached hydrogen (secondary N) is 1. The highest BCUT2D eigenvalue weighted by Crippen LogP contribution is 2.28. The van der Waals surface area contributed by atoms with Gasteiger partial charge in [-0.15, -0.1) is 0 Å². The maximum atomic E-state index is 12.5. The van der Waals surface area contributed by atoms with Gasteiger partial charge in [0.2, 0.25) is 10.0 Å². The lowest BCUT2D eigenvalue weighted by Gasteiger charge is -2.19. The van der Waals surface area contributed by atoms with Crippen LogP contribution in [-0.2, 0) is 15.4 Å². The minimum absolute atomic E-state index is 0.0110. The molecule has 0 saturated heterocycles. The number of halogens is 1. The van der Waals surface area contributed by atoms with Crippen molar-refractivity contribution in [3.63, 3.8) is 0 Å². The van der Waals surface area contributed by atoms with E-state index >= 15 is 0 Å². The first-order valence-electron chi connectivity index (χ1n) is 7.64. The van der Waals surface area contributed by atoms with Gasteiger partial charge in [0, 0.05) is 16.3 Å². The first-order chi connectivity index (χ1) is 11.4. The lowest BCUT2D eigenvalue weighted by atomic mass is 9.87. The average molecular weight is 381 g/mol. The maximum absolute atomic E-state index is 12.5. The van der Waals surface area contributed by atoms with E-state index in [4.69, 9.17) is 16.7 Å². The fraction of sp³-hybridized carbons (Fsp3) is 0.278. The summed E-state index contributed by atoms with van der Waals surface area (Å²) in [5.74, 6) is -0.355. The SMILES string of the molecule is Cc1c(Cl)cc(S(N)(=O)=O)cc1NC(=O)c1ccc(C(C)(C)C)cc1. The van der Waals surface area contributed by atoms with E-state index in [-0.39, 0.29) is 21.2 Å². The smallest absolute Gasteiger partial charge is 0.255 e. The molecule has 0 spiro atoms. The molecular weight excluding hydrogens is 360 g/mol. The number of benzene rings is 2. The van der Waals surface area contributed by atoms with Gasteiger partial charge in [0.15, 0.2) is 0 Å². The van der Waals surface area contributed by atoms with Gasteiger partial charge in [0.05, 0.1) is 4.90 Å². The van der Waals surface area contributed by atoms with E-state index in [1.807, 2.05) is 12.1 Å². The van der Waals surface area contributed by atoms with E-state index < -0.39 is 10.0 Å². The largest absolute Gasteiger partial charge is 0.322 e. The molecule has 0 aliphatic heterocycles. The van der Waals surface area contributed by atoms with Crippen LogP contribution in [-0.4, -0.2) is 14.3 Å². The van der Waals surface area contributed by atoms with Crippen molar-refractivity contribution >= 4 is 33.2 Å². The summed E-state index contributed by atoms with van der Waals surface area (Å²) in [4.78, 5) is 12.3. The molecule has 134 valence electrons. The molecule has 3 N–H and O–H groups in total. The van der Waals surface area contributed by atoms with E-state index in [0.29, 0.717) is 16.8 Å². The molecular formula is C18H21ClN2O3S. The second-order valence-electron chi connectivity index (χ2n) is 6.90. The number of anilines is 1. The van der Waals surface area contributed by atoms with Crippen LogP contribution in [0.15, 0.2) is 41.3 Å². The van der Waals surface area contributed by atoms with Gasteiger partial charge in [-0.1, -0.05) is 44.5 Å². The van der Waals surface area contributed by atoms with Gasteiger partial charge in [0.25, 0.3) is 5.91 Å². The van der Waals surface area contributed by atoms with E-state index in [0.717, 1.165) is 5.56 Å². The Morgan fingerprint density at radius 3 is 2.16 bits per heavy atom. The van der Waals surface area contributed by atoms with Crippen molar-refractivity contribution in [3.05, 3.63) is 58.1 Å². The van der Waals surface area contributed by atoms with Gasteiger partial charge in [0.1, 0.15) is 0 Å². The van der Waals surface area contributed by atoms with Crippen LogP contribution in [0.25, 0.3) is 0 Å². The summed E-state index contributed by atoms with van der Waals surface area (Å²) in [7, 11) is -3.92. The number of primary sulfonamides is 1. The Bertz CT molecular complexity index is 915. The number of carbonyl (C=O) groups excluding carboxylic acids is 1. The Labute approximate surface area is 153 Å². The molecule has 5 nitrogen and oxygen atoms in total. The van der Waals surface area contributed by atoms with Crippen molar-refractivity contribution in [1.29, 1.82) is 0 Å². The minimum Gasteiger partial charge on any atom is -0.322 e. The highest BCUT2D eigenvalue weighted by atomic mass is 35.5. The zero-order valence-electron chi connectivity index (χ0n) is 14.6. The molecule has 0 unspecified atom stereocenters. The van der Waals surface area contributed by atoms with Crippen LogP contribution in [0.4, 0.5) is 5.69 Å². The Morgan fingerprint density at radius 2 is 1.68 bits per heavy atom. The fourth-order valence-electron chi connectivity index (χ4n) is 2.26. The molecule has 0 aliphatic carbocycles. The summed E-state index contributed by atoms with van der Waals surface area (Å²) in [6, 6.07) is 9.83. The van der Waals surface area contributed by atoms with E-state index in [2.05, 4.69) is 26.1 Å². The lowest BCUT2D eigenvalue weighted by Crippen LogP contribution is -2.16.